The van der Waals surface area contributed by atoms with Crippen molar-refractivity contribution in [2.75, 3.05) is 20.1 Å². The monoisotopic (exact) mass is 356 g/mol. The van der Waals surface area contributed by atoms with Gasteiger partial charge in [0.15, 0.2) is 0 Å². The fourth-order valence-electron chi connectivity index (χ4n) is 4.09. The van der Waals surface area contributed by atoms with Gasteiger partial charge in [0, 0.05) is 11.1 Å². The first-order chi connectivity index (χ1) is 10.1. The van der Waals surface area contributed by atoms with Crippen molar-refractivity contribution in [2.45, 2.75) is 51.1 Å². The van der Waals surface area contributed by atoms with Crippen LogP contribution in [0.4, 0.5) is 4.39 Å². The second-order valence-corrected chi connectivity index (χ2v) is 6.70. The van der Waals surface area contributed by atoms with Crippen molar-refractivity contribution in [3.8, 4) is 0 Å². The van der Waals surface area contributed by atoms with Crippen molar-refractivity contribution in [2.24, 2.45) is 0 Å². The summed E-state index contributed by atoms with van der Waals surface area (Å²) in [4.78, 5) is 2.52. The van der Waals surface area contributed by atoms with E-state index in [-0.39, 0.29) is 17.4 Å². The first-order valence-corrected chi connectivity index (χ1v) is 8.76. The topological polar surface area (TPSA) is 15.3 Å². The zero-order chi connectivity index (χ0) is 15.5. The van der Waals surface area contributed by atoms with E-state index in [9.17, 15) is 4.39 Å². The summed E-state index contributed by atoms with van der Waals surface area (Å²) in [6.07, 6.45) is 4.72. The smallest absolute Gasteiger partial charge is 0.142 e. The first kappa shape index (κ1) is 16.9. The molecular weight excluding hydrogens is 331 g/mol. The predicted molar refractivity (Wildman–Crippen MR) is 90.0 cm³/mol. The molecule has 0 aliphatic heterocycles. The average Bonchev–Trinajstić information content (AvgIpc) is 2.96. The second kappa shape index (κ2) is 7.21. The molecule has 0 saturated heterocycles. The highest BCUT2D eigenvalue weighted by Crippen LogP contribution is 2.45. The van der Waals surface area contributed by atoms with Crippen molar-refractivity contribution >= 4 is 15.9 Å². The Bertz CT molecular complexity index is 468. The Morgan fingerprint density at radius 2 is 1.90 bits per heavy atom. The minimum atomic E-state index is -0.129. The third-order valence-corrected chi connectivity index (χ3v) is 5.59. The Kier molecular flexibility index (Phi) is 5.81. The Hall–Kier alpha value is -0.450. The largest absolute Gasteiger partial charge is 0.311 e. The molecule has 0 heterocycles. The molecule has 21 heavy (non-hydrogen) atoms. The van der Waals surface area contributed by atoms with E-state index in [0.717, 1.165) is 31.5 Å². The van der Waals surface area contributed by atoms with Crippen molar-refractivity contribution in [3.63, 3.8) is 0 Å². The van der Waals surface area contributed by atoms with Gasteiger partial charge in [0.2, 0.25) is 0 Å². The number of benzene rings is 1. The molecule has 1 atom stereocenters. The molecule has 0 amide bonds. The molecule has 4 heteroatoms. The fraction of sp³-hybridized carbons (Fsp3) is 0.647. The van der Waals surface area contributed by atoms with Crippen LogP contribution in [0.25, 0.3) is 0 Å². The molecule has 0 bridgehead atoms. The van der Waals surface area contributed by atoms with E-state index in [1.165, 1.54) is 12.8 Å². The van der Waals surface area contributed by atoms with E-state index in [2.05, 4.69) is 40.0 Å². The lowest BCUT2D eigenvalue weighted by Crippen LogP contribution is -2.54. The molecule has 1 unspecified atom stereocenters. The quantitative estimate of drug-likeness (QED) is 0.806. The van der Waals surface area contributed by atoms with E-state index in [1.54, 1.807) is 6.07 Å². The maximum Gasteiger partial charge on any atom is 0.142 e. The molecule has 2 rings (SSSR count). The van der Waals surface area contributed by atoms with Crippen LogP contribution in [0.2, 0.25) is 0 Å². The molecule has 1 aromatic rings. The Balaban J connectivity index is 2.48. The third kappa shape index (κ3) is 3.03. The van der Waals surface area contributed by atoms with Gasteiger partial charge in [0.25, 0.3) is 0 Å². The molecule has 0 aromatic heterocycles. The summed E-state index contributed by atoms with van der Waals surface area (Å²) in [5.74, 6) is -0.129. The minimum Gasteiger partial charge on any atom is -0.311 e. The van der Waals surface area contributed by atoms with Gasteiger partial charge in [-0.2, -0.15) is 0 Å². The lowest BCUT2D eigenvalue weighted by atomic mass is 9.81. The first-order valence-electron chi connectivity index (χ1n) is 7.97. The highest BCUT2D eigenvalue weighted by Gasteiger charge is 2.45. The number of rotatable bonds is 6. The Morgan fingerprint density at radius 1 is 1.29 bits per heavy atom. The molecular formula is C17H26BrFN2. The number of halogens is 2. The number of hydrogen-bond donors (Lipinski definition) is 1. The van der Waals surface area contributed by atoms with E-state index in [4.69, 9.17) is 0 Å². The molecule has 1 aliphatic rings. The van der Waals surface area contributed by atoms with Gasteiger partial charge < -0.3 is 5.32 Å². The van der Waals surface area contributed by atoms with Gasteiger partial charge >= 0.3 is 0 Å². The van der Waals surface area contributed by atoms with Gasteiger partial charge in [-0.05, 0) is 55.0 Å². The molecule has 0 radical (unpaired) electrons. The molecule has 1 fully saturated rings. The number of hydrogen-bond acceptors (Lipinski definition) is 2. The van der Waals surface area contributed by atoms with Gasteiger partial charge in [-0.25, -0.2) is 4.39 Å². The molecule has 0 spiro atoms. The Labute approximate surface area is 136 Å². The molecule has 1 N–H and O–H groups in total. The summed E-state index contributed by atoms with van der Waals surface area (Å²) in [5, 5.41) is 3.42. The highest BCUT2D eigenvalue weighted by atomic mass is 79.9. The standard InChI is InChI=1S/C17H26BrFN2/c1-4-21(5-2)17(11-6-7-12-17)16(20-3)13-9-8-10-14(18)15(13)19/h8-10,16,20H,4-7,11-12H2,1-3H3. The summed E-state index contributed by atoms with van der Waals surface area (Å²) >= 11 is 3.32. The van der Waals surface area contributed by atoms with Gasteiger partial charge in [0.05, 0.1) is 10.5 Å². The third-order valence-electron chi connectivity index (χ3n) is 4.98. The lowest BCUT2D eigenvalue weighted by molar-refractivity contribution is 0.0642. The molecule has 118 valence electrons. The average molecular weight is 357 g/mol. The SMILES string of the molecule is CCN(CC)C1(C(NC)c2cccc(Br)c2F)CCCC1. The van der Waals surface area contributed by atoms with Crippen molar-refractivity contribution in [1.29, 1.82) is 0 Å². The van der Waals surface area contributed by atoms with Crippen LogP contribution >= 0.6 is 15.9 Å². The van der Waals surface area contributed by atoms with E-state index < -0.39 is 0 Å². The molecule has 1 aliphatic carbocycles. The normalized spacial score (nSPS) is 19.1. The van der Waals surface area contributed by atoms with Crippen LogP contribution in [0, 0.1) is 5.82 Å². The Morgan fingerprint density at radius 3 is 2.43 bits per heavy atom. The minimum absolute atomic E-state index is 0.0254. The van der Waals surface area contributed by atoms with Crippen LogP contribution in [0.3, 0.4) is 0 Å². The van der Waals surface area contributed by atoms with Crippen LogP contribution < -0.4 is 5.32 Å². The van der Waals surface area contributed by atoms with Gasteiger partial charge in [-0.15, -0.1) is 0 Å². The lowest BCUT2D eigenvalue weighted by Gasteiger charge is -2.46. The van der Waals surface area contributed by atoms with Crippen LogP contribution in [0.1, 0.15) is 51.1 Å². The van der Waals surface area contributed by atoms with E-state index in [0.29, 0.717) is 4.47 Å². The van der Waals surface area contributed by atoms with Crippen molar-refractivity contribution < 1.29 is 4.39 Å². The van der Waals surface area contributed by atoms with Crippen LogP contribution in [0.15, 0.2) is 22.7 Å². The van der Waals surface area contributed by atoms with E-state index >= 15 is 0 Å². The van der Waals surface area contributed by atoms with E-state index in [1.807, 2.05) is 19.2 Å². The predicted octanol–water partition coefficient (Wildman–Crippen LogP) is 4.50. The summed E-state index contributed by atoms with van der Waals surface area (Å²) in [6, 6.07) is 5.64. The van der Waals surface area contributed by atoms with Gasteiger partial charge in [-0.3, -0.25) is 4.90 Å². The van der Waals surface area contributed by atoms with Crippen molar-refractivity contribution in [3.05, 3.63) is 34.1 Å². The zero-order valence-electron chi connectivity index (χ0n) is 13.3. The summed E-state index contributed by atoms with van der Waals surface area (Å²) in [6.45, 7) is 6.41. The fourth-order valence-corrected chi connectivity index (χ4v) is 4.47. The maximum absolute atomic E-state index is 14.6. The highest BCUT2D eigenvalue weighted by molar-refractivity contribution is 9.10. The summed E-state index contributed by atoms with van der Waals surface area (Å²) in [5.41, 5.74) is 0.806. The number of nitrogens with zero attached hydrogens (tertiary/aromatic N) is 1. The second-order valence-electron chi connectivity index (χ2n) is 5.85. The number of likely N-dealkylation sites (N-methyl/N-ethyl adjacent to an activating group) is 2. The van der Waals surface area contributed by atoms with Crippen molar-refractivity contribution in [1.82, 2.24) is 10.2 Å². The zero-order valence-corrected chi connectivity index (χ0v) is 14.8. The summed E-state index contributed by atoms with van der Waals surface area (Å²) in [7, 11) is 1.95. The van der Waals surface area contributed by atoms with Crippen LogP contribution in [-0.4, -0.2) is 30.6 Å². The van der Waals surface area contributed by atoms with Gasteiger partial charge in [-0.1, -0.05) is 38.8 Å². The van der Waals surface area contributed by atoms with Gasteiger partial charge in [0.1, 0.15) is 5.82 Å². The molecule has 2 nitrogen and oxygen atoms in total. The van der Waals surface area contributed by atoms with Crippen LogP contribution in [0.5, 0.6) is 0 Å². The number of nitrogens with one attached hydrogen (secondary N) is 1. The summed E-state index contributed by atoms with van der Waals surface area (Å²) < 4.78 is 15.2. The van der Waals surface area contributed by atoms with Crippen LogP contribution in [-0.2, 0) is 0 Å². The molecule has 1 saturated carbocycles. The maximum atomic E-state index is 14.6. The molecule has 1 aromatic carbocycles.